The van der Waals surface area contributed by atoms with Gasteiger partial charge in [0.2, 0.25) is 0 Å². The summed E-state index contributed by atoms with van der Waals surface area (Å²) in [6, 6.07) is 3.97. The molecule has 2 nitrogen and oxygen atoms in total. The zero-order valence-electron chi connectivity index (χ0n) is 10.0. The molecule has 0 atom stereocenters. The van der Waals surface area contributed by atoms with Gasteiger partial charge in [-0.1, -0.05) is 18.2 Å². The van der Waals surface area contributed by atoms with Crippen LogP contribution in [0.25, 0.3) is 0 Å². The fraction of sp³-hybridized carbons (Fsp3) is 0.429. The molecule has 1 heterocycles. The molecule has 1 aromatic rings. The topological polar surface area (TPSA) is 23.5 Å². The minimum Gasteiger partial charge on any atom is -0.508 e. The first kappa shape index (κ1) is 11.2. The van der Waals surface area contributed by atoms with Gasteiger partial charge >= 0.3 is 0 Å². The van der Waals surface area contributed by atoms with Crippen molar-refractivity contribution in [3.8, 4) is 5.75 Å². The fourth-order valence-corrected chi connectivity index (χ4v) is 2.11. The summed E-state index contributed by atoms with van der Waals surface area (Å²) in [6.45, 7) is 7.27. The molecule has 1 aliphatic heterocycles. The summed E-state index contributed by atoms with van der Waals surface area (Å²) in [5.74, 6) is 0.407. The predicted octanol–water partition coefficient (Wildman–Crippen LogP) is 2.42. The summed E-state index contributed by atoms with van der Waals surface area (Å²) < 4.78 is 0. The Hall–Kier alpha value is -1.28. The smallest absolute Gasteiger partial charge is 0.118 e. The van der Waals surface area contributed by atoms with Gasteiger partial charge in [0.1, 0.15) is 5.75 Å². The van der Waals surface area contributed by atoms with Crippen molar-refractivity contribution in [3.63, 3.8) is 0 Å². The van der Waals surface area contributed by atoms with E-state index in [9.17, 15) is 5.11 Å². The molecule has 0 spiro atoms. The van der Waals surface area contributed by atoms with E-state index in [1.54, 1.807) is 0 Å². The van der Waals surface area contributed by atoms with Crippen LogP contribution >= 0.6 is 0 Å². The van der Waals surface area contributed by atoms with Gasteiger partial charge in [0, 0.05) is 19.6 Å². The van der Waals surface area contributed by atoms with Crippen molar-refractivity contribution in [2.24, 2.45) is 0 Å². The molecule has 2 rings (SSSR count). The van der Waals surface area contributed by atoms with Crippen molar-refractivity contribution in [2.45, 2.75) is 20.3 Å². The minimum absolute atomic E-state index is 0.407. The van der Waals surface area contributed by atoms with Crippen LogP contribution in [-0.4, -0.2) is 29.6 Å². The second kappa shape index (κ2) is 4.71. The normalized spacial score (nSPS) is 15.9. The quantitative estimate of drug-likeness (QED) is 0.786. The van der Waals surface area contributed by atoms with Crippen LogP contribution < -0.4 is 0 Å². The maximum Gasteiger partial charge on any atom is 0.118 e. The van der Waals surface area contributed by atoms with Gasteiger partial charge < -0.3 is 5.11 Å². The van der Waals surface area contributed by atoms with Gasteiger partial charge in [0.25, 0.3) is 0 Å². The average Bonchev–Trinajstić information content (AvgIpc) is 2.74. The largest absolute Gasteiger partial charge is 0.508 e. The van der Waals surface area contributed by atoms with Gasteiger partial charge in [-0.2, -0.15) is 0 Å². The van der Waals surface area contributed by atoms with Crippen molar-refractivity contribution in [1.29, 1.82) is 0 Å². The Morgan fingerprint density at radius 2 is 1.81 bits per heavy atom. The lowest BCUT2D eigenvalue weighted by molar-refractivity contribution is 0.357. The van der Waals surface area contributed by atoms with E-state index < -0.39 is 0 Å². The molecule has 1 aliphatic rings. The first-order chi connectivity index (χ1) is 7.66. The summed E-state index contributed by atoms with van der Waals surface area (Å²) in [5.41, 5.74) is 3.51. The summed E-state index contributed by atoms with van der Waals surface area (Å²) in [6.07, 6.45) is 5.50. The van der Waals surface area contributed by atoms with Crippen molar-refractivity contribution >= 4 is 0 Å². The van der Waals surface area contributed by atoms with Crippen molar-refractivity contribution in [2.75, 3.05) is 19.6 Å². The number of hydrogen-bond acceptors (Lipinski definition) is 2. The van der Waals surface area contributed by atoms with Gasteiger partial charge in [-0.15, -0.1) is 0 Å². The van der Waals surface area contributed by atoms with Crippen LogP contribution in [0.15, 0.2) is 24.3 Å². The predicted molar refractivity (Wildman–Crippen MR) is 66.9 cm³/mol. The Kier molecular flexibility index (Phi) is 3.30. The van der Waals surface area contributed by atoms with Gasteiger partial charge in [-0.3, -0.25) is 4.90 Å². The van der Waals surface area contributed by atoms with Crippen LogP contribution in [0.1, 0.15) is 16.7 Å². The third kappa shape index (κ3) is 2.45. The maximum atomic E-state index is 9.58. The molecule has 0 unspecified atom stereocenters. The van der Waals surface area contributed by atoms with Gasteiger partial charge in [0.05, 0.1) is 0 Å². The van der Waals surface area contributed by atoms with E-state index in [0.717, 1.165) is 31.6 Å². The number of aromatic hydroxyl groups is 1. The molecular weight excluding hydrogens is 198 g/mol. The highest BCUT2D eigenvalue weighted by Crippen LogP contribution is 2.21. The molecule has 0 radical (unpaired) electrons. The van der Waals surface area contributed by atoms with Gasteiger partial charge in [0.15, 0.2) is 0 Å². The third-order valence-corrected chi connectivity index (χ3v) is 3.25. The highest BCUT2D eigenvalue weighted by atomic mass is 16.3. The van der Waals surface area contributed by atoms with Crippen molar-refractivity contribution in [1.82, 2.24) is 4.90 Å². The summed E-state index contributed by atoms with van der Waals surface area (Å²) in [4.78, 5) is 2.42. The number of phenolic OH excluding ortho intramolecular Hbond substituents is 1. The standard InChI is InChI=1S/C14H19NO/c1-11-10-14(16)12(2)9-13(11)5-8-15-6-3-4-7-15/h3-4,9-10,16H,5-8H2,1-2H3. The highest BCUT2D eigenvalue weighted by molar-refractivity contribution is 5.40. The zero-order chi connectivity index (χ0) is 11.5. The van der Waals surface area contributed by atoms with Crippen LogP contribution in [0.5, 0.6) is 5.75 Å². The Morgan fingerprint density at radius 3 is 2.50 bits per heavy atom. The third-order valence-electron chi connectivity index (χ3n) is 3.25. The van der Waals surface area contributed by atoms with Crippen LogP contribution in [0.3, 0.4) is 0 Å². The monoisotopic (exact) mass is 217 g/mol. The summed E-state index contributed by atoms with van der Waals surface area (Å²) >= 11 is 0. The molecule has 2 heteroatoms. The van der Waals surface area contributed by atoms with E-state index >= 15 is 0 Å². The van der Waals surface area contributed by atoms with Gasteiger partial charge in [-0.25, -0.2) is 0 Å². The molecule has 1 aromatic carbocycles. The summed E-state index contributed by atoms with van der Waals surface area (Å²) in [7, 11) is 0. The summed E-state index contributed by atoms with van der Waals surface area (Å²) in [5, 5.41) is 9.58. The lowest BCUT2D eigenvalue weighted by Crippen LogP contribution is -2.22. The zero-order valence-corrected chi connectivity index (χ0v) is 10.0. The number of nitrogens with zero attached hydrogens (tertiary/aromatic N) is 1. The Balaban J connectivity index is 2.00. The molecule has 0 aliphatic carbocycles. The maximum absolute atomic E-state index is 9.58. The van der Waals surface area contributed by atoms with E-state index in [4.69, 9.17) is 0 Å². The van der Waals surface area contributed by atoms with Crippen molar-refractivity contribution < 1.29 is 5.11 Å². The van der Waals surface area contributed by atoms with E-state index in [2.05, 4.69) is 30.0 Å². The molecular formula is C14H19NO. The molecule has 0 bridgehead atoms. The van der Waals surface area contributed by atoms with Crippen LogP contribution in [0.2, 0.25) is 0 Å². The Morgan fingerprint density at radius 1 is 1.12 bits per heavy atom. The molecule has 0 amide bonds. The SMILES string of the molecule is Cc1cc(CCN2CC=CC2)c(C)cc1O. The second-order valence-corrected chi connectivity index (χ2v) is 4.55. The molecule has 0 saturated carbocycles. The van der Waals surface area contributed by atoms with E-state index in [0.29, 0.717) is 5.75 Å². The molecule has 0 aromatic heterocycles. The molecule has 16 heavy (non-hydrogen) atoms. The second-order valence-electron chi connectivity index (χ2n) is 4.55. The molecule has 0 fully saturated rings. The fourth-order valence-electron chi connectivity index (χ4n) is 2.11. The highest BCUT2D eigenvalue weighted by Gasteiger charge is 2.08. The van der Waals surface area contributed by atoms with Gasteiger partial charge in [-0.05, 0) is 43.0 Å². The lowest BCUT2D eigenvalue weighted by Gasteiger charge is -2.16. The number of phenols is 1. The number of hydrogen-bond donors (Lipinski definition) is 1. The molecule has 0 saturated heterocycles. The first-order valence-electron chi connectivity index (χ1n) is 5.83. The Bertz CT molecular complexity index is 401. The van der Waals surface area contributed by atoms with Crippen LogP contribution in [0.4, 0.5) is 0 Å². The Labute approximate surface area is 97.2 Å². The molecule has 1 N–H and O–H groups in total. The lowest BCUT2D eigenvalue weighted by atomic mass is 10.0. The minimum atomic E-state index is 0.407. The number of rotatable bonds is 3. The molecule has 86 valence electrons. The van der Waals surface area contributed by atoms with E-state index in [1.807, 2.05) is 13.0 Å². The van der Waals surface area contributed by atoms with Crippen LogP contribution in [-0.2, 0) is 6.42 Å². The first-order valence-corrected chi connectivity index (χ1v) is 5.83. The number of aryl methyl sites for hydroxylation is 2. The van der Waals surface area contributed by atoms with E-state index in [1.165, 1.54) is 11.1 Å². The van der Waals surface area contributed by atoms with Crippen molar-refractivity contribution in [3.05, 3.63) is 41.0 Å². The van der Waals surface area contributed by atoms with E-state index in [-0.39, 0.29) is 0 Å². The number of benzene rings is 1. The van der Waals surface area contributed by atoms with Crippen LogP contribution in [0, 0.1) is 13.8 Å². The average molecular weight is 217 g/mol.